The Hall–Kier alpha value is -3.45. The van der Waals surface area contributed by atoms with Gasteiger partial charge in [-0.15, -0.1) is 11.3 Å². The fraction of sp³-hybridized carbons (Fsp3) is 0.548. The van der Waals surface area contributed by atoms with Crippen molar-refractivity contribution in [3.63, 3.8) is 0 Å². The van der Waals surface area contributed by atoms with Crippen molar-refractivity contribution in [3.05, 3.63) is 42.5 Å². The van der Waals surface area contributed by atoms with E-state index in [1.54, 1.807) is 26.8 Å². The third-order valence-corrected chi connectivity index (χ3v) is 11.1. The standard InChI is InChI=1S/C31H40N4O7S2/c1-30(2,3)42-29(39)32-22-14-8-6-4-5-7-13-21-19-31(21,33-26(36)23-15-11-17-35(23)27(22)37)28(38)34-44(40,41)25-18-20-12-9-10-16-24(20)43-25/h7,9-10,12-13,16,18,21-23H,4-6,8,11,14-15,17,19H2,1-3H3,(H,32,39)(H,33,36)(H,34,38)/b13-7-/t21-,22+,23+,31-/m1/s1. The maximum Gasteiger partial charge on any atom is 0.408 e. The Morgan fingerprint density at radius 2 is 1.86 bits per heavy atom. The number of rotatable bonds is 4. The van der Waals surface area contributed by atoms with Crippen LogP contribution in [0.4, 0.5) is 4.79 Å². The van der Waals surface area contributed by atoms with Crippen LogP contribution in [0.3, 0.4) is 0 Å². The molecule has 3 aliphatic rings. The van der Waals surface area contributed by atoms with Gasteiger partial charge in [-0.1, -0.05) is 43.2 Å². The van der Waals surface area contributed by atoms with Gasteiger partial charge in [0.15, 0.2) is 0 Å². The van der Waals surface area contributed by atoms with Crippen LogP contribution in [-0.2, 0) is 29.1 Å². The summed E-state index contributed by atoms with van der Waals surface area (Å²) >= 11 is 1.06. The molecule has 11 nitrogen and oxygen atoms in total. The van der Waals surface area contributed by atoms with E-state index in [0.717, 1.165) is 40.7 Å². The number of nitrogens with one attached hydrogen (secondary N) is 3. The van der Waals surface area contributed by atoms with E-state index in [9.17, 15) is 27.6 Å². The number of ether oxygens (including phenoxy) is 1. The average molecular weight is 645 g/mol. The van der Waals surface area contributed by atoms with Gasteiger partial charge in [0.1, 0.15) is 27.4 Å². The third kappa shape index (κ3) is 7.09. The summed E-state index contributed by atoms with van der Waals surface area (Å²) in [4.78, 5) is 55.2. The van der Waals surface area contributed by atoms with Gasteiger partial charge in [-0.25, -0.2) is 17.9 Å². The largest absolute Gasteiger partial charge is 0.444 e. The number of fused-ring (bicyclic) bond motifs is 3. The summed E-state index contributed by atoms with van der Waals surface area (Å²) in [5, 5.41) is 6.31. The van der Waals surface area contributed by atoms with Crippen molar-refractivity contribution in [2.24, 2.45) is 5.92 Å². The first-order valence-corrected chi connectivity index (χ1v) is 17.4. The van der Waals surface area contributed by atoms with Crippen LogP contribution >= 0.6 is 11.3 Å². The first-order chi connectivity index (χ1) is 20.8. The van der Waals surface area contributed by atoms with Crippen molar-refractivity contribution in [2.45, 2.75) is 99.6 Å². The zero-order valence-corrected chi connectivity index (χ0v) is 26.9. The van der Waals surface area contributed by atoms with E-state index in [2.05, 4.69) is 15.4 Å². The van der Waals surface area contributed by atoms with Crippen LogP contribution in [0.15, 0.2) is 46.7 Å². The lowest BCUT2D eigenvalue weighted by atomic mass is 10.0. The van der Waals surface area contributed by atoms with Crippen LogP contribution in [0.25, 0.3) is 10.1 Å². The molecule has 4 amide bonds. The van der Waals surface area contributed by atoms with Gasteiger partial charge in [-0.2, -0.15) is 0 Å². The SMILES string of the molecule is CC(C)(C)OC(=O)N[C@H]1CCCCC/C=C\[C@@H]2C[C@@]2(C(=O)NS(=O)(=O)c2cc3ccccc3s2)NC(=O)[C@@H]2CCCN2C1=O. The van der Waals surface area contributed by atoms with Gasteiger partial charge in [0.25, 0.3) is 15.9 Å². The first-order valence-electron chi connectivity index (χ1n) is 15.1. The molecule has 1 saturated carbocycles. The number of allylic oxidation sites excluding steroid dienone is 1. The minimum atomic E-state index is -4.20. The molecule has 4 atom stereocenters. The Kier molecular flexibility index (Phi) is 9.08. The summed E-state index contributed by atoms with van der Waals surface area (Å²) in [7, 11) is -4.20. The van der Waals surface area contributed by atoms with Gasteiger partial charge in [-0.05, 0) is 76.8 Å². The molecule has 2 aromatic rings. The Morgan fingerprint density at radius 1 is 1.09 bits per heavy atom. The second-order valence-corrected chi connectivity index (χ2v) is 15.8. The highest BCUT2D eigenvalue weighted by molar-refractivity contribution is 7.92. The van der Waals surface area contributed by atoms with Crippen molar-refractivity contribution >= 4 is 55.3 Å². The van der Waals surface area contributed by atoms with Crippen molar-refractivity contribution in [2.75, 3.05) is 6.54 Å². The van der Waals surface area contributed by atoms with Crippen molar-refractivity contribution < 1.29 is 32.3 Å². The molecule has 1 saturated heterocycles. The smallest absolute Gasteiger partial charge is 0.408 e. The van der Waals surface area contributed by atoms with Crippen LogP contribution < -0.4 is 15.4 Å². The Balaban J connectivity index is 1.37. The van der Waals surface area contributed by atoms with E-state index in [-0.39, 0.29) is 22.5 Å². The lowest BCUT2D eigenvalue weighted by Gasteiger charge is -2.30. The molecule has 0 radical (unpaired) electrons. The van der Waals surface area contributed by atoms with E-state index < -0.39 is 51.2 Å². The Bertz CT molecular complexity index is 1550. The normalized spacial score (nSPS) is 27.2. The topological polar surface area (TPSA) is 151 Å². The predicted octanol–water partition coefficient (Wildman–Crippen LogP) is 3.99. The average Bonchev–Trinajstić information content (AvgIpc) is 3.28. The highest BCUT2D eigenvalue weighted by atomic mass is 32.2. The van der Waals surface area contributed by atoms with Crippen LogP contribution in [0.5, 0.6) is 0 Å². The first kappa shape index (κ1) is 32.0. The highest BCUT2D eigenvalue weighted by Gasteiger charge is 2.61. The lowest BCUT2D eigenvalue weighted by molar-refractivity contribution is -0.141. The molecule has 1 aromatic heterocycles. The summed E-state index contributed by atoms with van der Waals surface area (Å²) in [6, 6.07) is 7.03. The zero-order valence-electron chi connectivity index (χ0n) is 25.3. The molecular formula is C31H40N4O7S2. The molecule has 2 aliphatic heterocycles. The van der Waals surface area contributed by atoms with E-state index in [1.165, 1.54) is 11.0 Å². The second kappa shape index (κ2) is 12.5. The van der Waals surface area contributed by atoms with E-state index in [4.69, 9.17) is 4.74 Å². The highest BCUT2D eigenvalue weighted by Crippen LogP contribution is 2.46. The lowest BCUT2D eigenvalue weighted by Crippen LogP contribution is -2.58. The fourth-order valence-corrected chi connectivity index (χ4v) is 8.33. The number of hydrogen-bond acceptors (Lipinski definition) is 8. The molecule has 0 unspecified atom stereocenters. The minimum Gasteiger partial charge on any atom is -0.444 e. The number of amides is 4. The van der Waals surface area contributed by atoms with Crippen LogP contribution in [-0.4, -0.2) is 66.9 Å². The predicted molar refractivity (Wildman–Crippen MR) is 166 cm³/mol. The monoisotopic (exact) mass is 644 g/mol. The van der Waals surface area contributed by atoms with Crippen LogP contribution in [0, 0.1) is 5.92 Å². The molecule has 3 heterocycles. The molecule has 1 aromatic carbocycles. The van der Waals surface area contributed by atoms with Crippen molar-refractivity contribution in [1.29, 1.82) is 0 Å². The second-order valence-electron chi connectivity index (χ2n) is 12.8. The molecule has 0 bridgehead atoms. The molecule has 5 rings (SSSR count). The molecule has 2 fully saturated rings. The quantitative estimate of drug-likeness (QED) is 0.426. The molecule has 3 N–H and O–H groups in total. The maximum atomic E-state index is 13.7. The van der Waals surface area contributed by atoms with Gasteiger partial charge in [0, 0.05) is 17.2 Å². The van der Waals surface area contributed by atoms with Crippen LogP contribution in [0.2, 0.25) is 0 Å². The number of alkyl carbamates (subject to hydrolysis) is 1. The summed E-state index contributed by atoms with van der Waals surface area (Å²) in [5.41, 5.74) is -2.20. The molecule has 1 aliphatic carbocycles. The molecular weight excluding hydrogens is 604 g/mol. The van der Waals surface area contributed by atoms with Gasteiger partial charge in [-0.3, -0.25) is 14.4 Å². The minimum absolute atomic E-state index is 0.00996. The number of nitrogens with zero attached hydrogens (tertiary/aromatic N) is 1. The number of sulfonamides is 1. The molecule has 13 heteroatoms. The summed E-state index contributed by atoms with van der Waals surface area (Å²) in [6.45, 7) is 5.55. The summed E-state index contributed by atoms with van der Waals surface area (Å²) < 4.78 is 35.0. The molecule has 238 valence electrons. The van der Waals surface area contributed by atoms with E-state index in [1.807, 2.05) is 30.4 Å². The Labute approximate surface area is 261 Å². The van der Waals surface area contributed by atoms with Crippen molar-refractivity contribution in [1.82, 2.24) is 20.3 Å². The number of thiophene rings is 1. The van der Waals surface area contributed by atoms with E-state index in [0.29, 0.717) is 32.2 Å². The molecule has 44 heavy (non-hydrogen) atoms. The Morgan fingerprint density at radius 3 is 2.61 bits per heavy atom. The number of carbonyl (C=O) groups is 4. The fourth-order valence-electron chi connectivity index (χ4n) is 5.90. The maximum absolute atomic E-state index is 13.7. The summed E-state index contributed by atoms with van der Waals surface area (Å²) in [5.74, 6) is -2.09. The van der Waals surface area contributed by atoms with Gasteiger partial charge < -0.3 is 20.3 Å². The number of hydrogen-bond donors (Lipinski definition) is 3. The van der Waals surface area contributed by atoms with Gasteiger partial charge in [0.05, 0.1) is 0 Å². The summed E-state index contributed by atoms with van der Waals surface area (Å²) in [6.07, 6.45) is 7.78. The van der Waals surface area contributed by atoms with E-state index >= 15 is 0 Å². The van der Waals surface area contributed by atoms with Gasteiger partial charge >= 0.3 is 6.09 Å². The van der Waals surface area contributed by atoms with Crippen LogP contribution in [0.1, 0.15) is 72.1 Å². The number of benzene rings is 1. The van der Waals surface area contributed by atoms with Crippen molar-refractivity contribution in [3.8, 4) is 0 Å². The number of carbonyl (C=O) groups excluding carboxylic acids is 4. The molecule has 0 spiro atoms. The van der Waals surface area contributed by atoms with Gasteiger partial charge in [0.2, 0.25) is 11.8 Å². The zero-order chi connectivity index (χ0) is 31.7. The third-order valence-electron chi connectivity index (χ3n) is 8.22.